The summed E-state index contributed by atoms with van der Waals surface area (Å²) in [5, 5.41) is 8.52. The highest BCUT2D eigenvalue weighted by molar-refractivity contribution is 6.02. The molecule has 0 unspecified atom stereocenters. The summed E-state index contributed by atoms with van der Waals surface area (Å²) < 4.78 is 9.05. The molecule has 0 radical (unpaired) electrons. The summed E-state index contributed by atoms with van der Waals surface area (Å²) in [6, 6.07) is 6.33. The fourth-order valence-corrected chi connectivity index (χ4v) is 1.06. The van der Waals surface area contributed by atoms with Crippen LogP contribution >= 0.6 is 0 Å². The van der Waals surface area contributed by atoms with Crippen molar-refractivity contribution in [3.63, 3.8) is 0 Å². The Morgan fingerprint density at radius 1 is 0.947 bits per heavy atom. The number of methoxy groups -OCH3 is 2. The average molecular weight is 268 g/mol. The molecule has 0 aromatic heterocycles. The second kappa shape index (κ2) is 7.53. The minimum Gasteiger partial charge on any atom is -0.465 e. The lowest BCUT2D eigenvalue weighted by molar-refractivity contribution is 0.0555. The van der Waals surface area contributed by atoms with Crippen molar-refractivity contribution in [3.8, 4) is 0 Å². The number of hydrogen-bond donors (Lipinski definition) is 1. The van der Waals surface area contributed by atoms with Gasteiger partial charge in [0.15, 0.2) is 0 Å². The maximum absolute atomic E-state index is 11.2. The highest BCUT2D eigenvalue weighted by Gasteiger charge is 2.16. The van der Waals surface area contributed by atoms with Gasteiger partial charge in [-0.3, -0.25) is 0 Å². The Hall–Kier alpha value is -1.88. The third-order valence-electron chi connectivity index (χ3n) is 1.74. The molecule has 0 heterocycles. The second-order valence-corrected chi connectivity index (χ2v) is 4.70. The van der Waals surface area contributed by atoms with Crippen molar-refractivity contribution in [3.05, 3.63) is 35.4 Å². The molecule has 0 spiro atoms. The van der Waals surface area contributed by atoms with E-state index in [2.05, 4.69) is 9.47 Å². The fraction of sp³-hybridized carbons (Fsp3) is 0.429. The molecule has 1 rings (SSSR count). The van der Waals surface area contributed by atoms with Gasteiger partial charge in [-0.2, -0.15) is 0 Å². The minimum absolute atomic E-state index is 0.210. The van der Waals surface area contributed by atoms with Gasteiger partial charge in [-0.1, -0.05) is 12.1 Å². The normalized spacial score (nSPS) is 10.0. The molecule has 0 saturated carbocycles. The third-order valence-corrected chi connectivity index (χ3v) is 1.74. The van der Waals surface area contributed by atoms with E-state index in [-0.39, 0.29) is 11.1 Å². The summed E-state index contributed by atoms with van der Waals surface area (Å²) in [4.78, 5) is 22.4. The van der Waals surface area contributed by atoms with E-state index in [0.717, 1.165) is 0 Å². The molecule has 0 fully saturated rings. The van der Waals surface area contributed by atoms with Crippen LogP contribution in [0.5, 0.6) is 0 Å². The van der Waals surface area contributed by atoms with Crippen LogP contribution in [0.2, 0.25) is 0 Å². The maximum Gasteiger partial charge on any atom is 0.338 e. The zero-order valence-electron chi connectivity index (χ0n) is 11.9. The molecule has 0 aliphatic carbocycles. The lowest BCUT2D eigenvalue weighted by Crippen LogP contribution is -2.11. The van der Waals surface area contributed by atoms with E-state index in [1.807, 2.05) is 0 Å². The SMILES string of the molecule is CC(C)(C)O.COC(=O)c1ccccc1C(=O)OC. The van der Waals surface area contributed by atoms with Crippen molar-refractivity contribution < 1.29 is 24.2 Å². The van der Waals surface area contributed by atoms with E-state index in [1.54, 1.807) is 32.9 Å². The van der Waals surface area contributed by atoms with Crippen LogP contribution in [-0.4, -0.2) is 36.9 Å². The number of benzene rings is 1. The fourth-order valence-electron chi connectivity index (χ4n) is 1.06. The number of carbonyl (C=O) groups excluding carboxylic acids is 2. The number of hydrogen-bond acceptors (Lipinski definition) is 5. The molecule has 0 bridgehead atoms. The summed E-state index contributed by atoms with van der Waals surface area (Å²) in [5.41, 5.74) is -0.0799. The molecule has 0 saturated heterocycles. The van der Waals surface area contributed by atoms with Gasteiger partial charge in [0, 0.05) is 0 Å². The van der Waals surface area contributed by atoms with Crippen molar-refractivity contribution >= 4 is 11.9 Å². The Labute approximate surface area is 113 Å². The number of esters is 2. The van der Waals surface area contributed by atoms with Crippen molar-refractivity contribution in [2.45, 2.75) is 26.4 Å². The summed E-state index contributed by atoms with van der Waals surface area (Å²) in [7, 11) is 2.52. The van der Waals surface area contributed by atoms with Gasteiger partial charge in [0.25, 0.3) is 0 Å². The molecule has 1 aromatic carbocycles. The highest BCUT2D eigenvalue weighted by atomic mass is 16.5. The van der Waals surface area contributed by atoms with Gasteiger partial charge >= 0.3 is 11.9 Å². The molecule has 106 valence electrons. The van der Waals surface area contributed by atoms with Gasteiger partial charge in [0.05, 0.1) is 30.9 Å². The lowest BCUT2D eigenvalue weighted by Gasteiger charge is -2.04. The molecule has 0 atom stereocenters. The van der Waals surface area contributed by atoms with E-state index >= 15 is 0 Å². The standard InChI is InChI=1S/C10H10O4.C4H10O/c1-13-9(11)7-5-3-4-6-8(7)10(12)14-2;1-4(2,3)5/h3-6H,1-2H3;5H,1-3H3. The van der Waals surface area contributed by atoms with Crippen molar-refractivity contribution in [1.82, 2.24) is 0 Å². The van der Waals surface area contributed by atoms with Gasteiger partial charge in [-0.15, -0.1) is 0 Å². The molecule has 0 aliphatic heterocycles. The Balaban J connectivity index is 0.000000555. The predicted octanol–water partition coefficient (Wildman–Crippen LogP) is 2.04. The van der Waals surface area contributed by atoms with Crippen LogP contribution in [0.25, 0.3) is 0 Å². The van der Waals surface area contributed by atoms with Gasteiger partial charge < -0.3 is 14.6 Å². The van der Waals surface area contributed by atoms with Gasteiger partial charge in [-0.05, 0) is 32.9 Å². The highest BCUT2D eigenvalue weighted by Crippen LogP contribution is 2.10. The zero-order valence-corrected chi connectivity index (χ0v) is 11.9. The van der Waals surface area contributed by atoms with Crippen LogP contribution in [0.3, 0.4) is 0 Å². The molecule has 5 nitrogen and oxygen atoms in total. The van der Waals surface area contributed by atoms with Crippen molar-refractivity contribution in [2.24, 2.45) is 0 Å². The first-order valence-corrected chi connectivity index (χ1v) is 5.68. The average Bonchev–Trinajstić information content (AvgIpc) is 2.35. The van der Waals surface area contributed by atoms with Crippen LogP contribution in [0.4, 0.5) is 0 Å². The second-order valence-electron chi connectivity index (χ2n) is 4.70. The number of aliphatic hydroxyl groups is 1. The van der Waals surface area contributed by atoms with E-state index in [0.29, 0.717) is 0 Å². The molecule has 5 heteroatoms. The quantitative estimate of drug-likeness (QED) is 0.831. The topological polar surface area (TPSA) is 72.8 Å². The van der Waals surface area contributed by atoms with Crippen LogP contribution in [0.15, 0.2) is 24.3 Å². The Morgan fingerprint density at radius 3 is 1.42 bits per heavy atom. The molecule has 19 heavy (non-hydrogen) atoms. The van der Waals surface area contributed by atoms with Crippen LogP contribution in [0, 0.1) is 0 Å². The minimum atomic E-state index is -0.550. The first-order valence-electron chi connectivity index (χ1n) is 5.68. The molecule has 1 N–H and O–H groups in total. The van der Waals surface area contributed by atoms with Gasteiger partial charge in [0.2, 0.25) is 0 Å². The van der Waals surface area contributed by atoms with Crippen LogP contribution in [0.1, 0.15) is 41.5 Å². The summed E-state index contributed by atoms with van der Waals surface area (Å²) in [6.45, 7) is 5.23. The Morgan fingerprint density at radius 2 is 1.21 bits per heavy atom. The number of carbonyl (C=O) groups is 2. The van der Waals surface area contributed by atoms with Gasteiger partial charge in [-0.25, -0.2) is 9.59 Å². The lowest BCUT2D eigenvalue weighted by atomic mass is 10.1. The van der Waals surface area contributed by atoms with Crippen LogP contribution in [-0.2, 0) is 9.47 Å². The zero-order chi connectivity index (χ0) is 15.1. The third kappa shape index (κ3) is 7.21. The number of ether oxygens (including phenoxy) is 2. The van der Waals surface area contributed by atoms with Crippen molar-refractivity contribution in [2.75, 3.05) is 14.2 Å². The summed E-state index contributed by atoms with van der Waals surface area (Å²) in [6.07, 6.45) is 0. The summed E-state index contributed by atoms with van der Waals surface area (Å²) >= 11 is 0. The Kier molecular flexibility index (Phi) is 6.79. The van der Waals surface area contributed by atoms with Crippen LogP contribution < -0.4 is 0 Å². The molecule has 0 aliphatic rings. The molecular formula is C14H20O5. The van der Waals surface area contributed by atoms with Gasteiger partial charge in [0.1, 0.15) is 0 Å². The first-order chi connectivity index (χ1) is 8.70. The van der Waals surface area contributed by atoms with Crippen molar-refractivity contribution in [1.29, 1.82) is 0 Å². The predicted molar refractivity (Wildman–Crippen MR) is 71.1 cm³/mol. The largest absolute Gasteiger partial charge is 0.465 e. The van der Waals surface area contributed by atoms with E-state index < -0.39 is 17.5 Å². The Bertz CT molecular complexity index is 391. The van der Waals surface area contributed by atoms with E-state index in [4.69, 9.17) is 5.11 Å². The summed E-state index contributed by atoms with van der Waals surface area (Å²) in [5.74, 6) is -1.10. The maximum atomic E-state index is 11.2. The molecule has 0 amide bonds. The smallest absolute Gasteiger partial charge is 0.338 e. The monoisotopic (exact) mass is 268 g/mol. The number of rotatable bonds is 2. The van der Waals surface area contributed by atoms with E-state index in [9.17, 15) is 9.59 Å². The molecule has 1 aromatic rings. The van der Waals surface area contributed by atoms with E-state index in [1.165, 1.54) is 26.4 Å². The molecular weight excluding hydrogens is 248 g/mol. The first kappa shape index (κ1) is 17.1.